The molecule has 0 aliphatic carbocycles. The molecule has 0 unspecified atom stereocenters. The molecule has 1 amide bonds. The van der Waals surface area contributed by atoms with Gasteiger partial charge in [0.2, 0.25) is 5.91 Å². The van der Waals surface area contributed by atoms with Crippen LogP contribution in [0.15, 0.2) is 5.10 Å². The number of unbranched alkanes of at least 4 members (excludes halogenated alkanes) is 7. The van der Waals surface area contributed by atoms with Crippen LogP contribution in [0.5, 0.6) is 0 Å². The predicted molar refractivity (Wildman–Crippen MR) is 76.1 cm³/mol. The normalized spacial score (nSPS) is 11.4. The third kappa shape index (κ3) is 11.4. The molecule has 0 spiro atoms. The van der Waals surface area contributed by atoms with Gasteiger partial charge in [-0.3, -0.25) is 4.79 Å². The van der Waals surface area contributed by atoms with Crippen molar-refractivity contribution in [2.24, 2.45) is 5.10 Å². The third-order valence-electron chi connectivity index (χ3n) is 2.86. The zero-order chi connectivity index (χ0) is 14.5. The van der Waals surface area contributed by atoms with E-state index >= 15 is 0 Å². The summed E-state index contributed by atoms with van der Waals surface area (Å²) in [5.74, 6) is -1.41. The highest BCUT2D eigenvalue weighted by Crippen LogP contribution is 2.09. The predicted octanol–water partition coefficient (Wildman–Crippen LogP) is 3.09. The summed E-state index contributed by atoms with van der Waals surface area (Å²) in [6.45, 7) is 3.50. The molecule has 0 fully saturated rings. The zero-order valence-electron chi connectivity index (χ0n) is 12.1. The van der Waals surface area contributed by atoms with Crippen molar-refractivity contribution in [2.45, 2.75) is 71.6 Å². The Kier molecular flexibility index (Phi) is 10.8. The number of carbonyl (C=O) groups is 2. The number of carboxylic acids is 1. The van der Waals surface area contributed by atoms with Crippen molar-refractivity contribution in [3.63, 3.8) is 0 Å². The molecule has 110 valence electrons. The molecule has 0 aromatic heterocycles. The lowest BCUT2D eigenvalue weighted by molar-refractivity contribution is -0.129. The van der Waals surface area contributed by atoms with Gasteiger partial charge >= 0.3 is 5.97 Å². The van der Waals surface area contributed by atoms with Gasteiger partial charge in [-0.2, -0.15) is 5.10 Å². The molecule has 0 bridgehead atoms. The summed E-state index contributed by atoms with van der Waals surface area (Å²) in [7, 11) is 0. The number of nitrogens with zero attached hydrogens (tertiary/aromatic N) is 1. The maximum atomic E-state index is 10.9. The molecule has 0 rings (SSSR count). The summed E-state index contributed by atoms with van der Waals surface area (Å²) >= 11 is 0. The maximum absolute atomic E-state index is 10.9. The number of hydrazone groups is 1. The minimum Gasteiger partial charge on any atom is -0.477 e. The van der Waals surface area contributed by atoms with Crippen LogP contribution in [0.1, 0.15) is 71.6 Å². The molecule has 19 heavy (non-hydrogen) atoms. The van der Waals surface area contributed by atoms with Crippen molar-refractivity contribution in [1.29, 1.82) is 0 Å². The van der Waals surface area contributed by atoms with Gasteiger partial charge < -0.3 is 5.11 Å². The van der Waals surface area contributed by atoms with E-state index in [9.17, 15) is 9.59 Å². The van der Waals surface area contributed by atoms with Crippen LogP contribution in [0, 0.1) is 0 Å². The lowest BCUT2D eigenvalue weighted by Gasteiger charge is -2.03. The van der Waals surface area contributed by atoms with Gasteiger partial charge in [0, 0.05) is 6.92 Å². The fraction of sp³-hybridized carbons (Fsp3) is 0.786. The first-order valence-electron chi connectivity index (χ1n) is 7.14. The molecule has 0 aromatic carbocycles. The average Bonchev–Trinajstić information content (AvgIpc) is 2.35. The first-order valence-corrected chi connectivity index (χ1v) is 7.14. The number of hydrogen-bond acceptors (Lipinski definition) is 3. The Labute approximate surface area is 115 Å². The van der Waals surface area contributed by atoms with Gasteiger partial charge in [-0.1, -0.05) is 51.9 Å². The van der Waals surface area contributed by atoms with Gasteiger partial charge in [-0.15, -0.1) is 0 Å². The SMILES string of the molecule is CCCCCCCCCC/C(=N\NC(C)=O)C(=O)O. The fourth-order valence-electron chi connectivity index (χ4n) is 1.78. The average molecular weight is 270 g/mol. The van der Waals surface area contributed by atoms with Crippen LogP contribution in [0.25, 0.3) is 0 Å². The molecule has 0 saturated heterocycles. The Bertz CT molecular complexity index is 301. The summed E-state index contributed by atoms with van der Waals surface area (Å²) in [4.78, 5) is 21.5. The van der Waals surface area contributed by atoms with Crippen LogP contribution in [0.3, 0.4) is 0 Å². The zero-order valence-corrected chi connectivity index (χ0v) is 12.1. The minimum absolute atomic E-state index is 0.0289. The Morgan fingerprint density at radius 1 is 1.00 bits per heavy atom. The fourth-order valence-corrected chi connectivity index (χ4v) is 1.78. The maximum Gasteiger partial charge on any atom is 0.352 e. The highest BCUT2D eigenvalue weighted by Gasteiger charge is 2.09. The van der Waals surface area contributed by atoms with Gasteiger partial charge in [0.1, 0.15) is 5.71 Å². The van der Waals surface area contributed by atoms with E-state index in [-0.39, 0.29) is 11.6 Å². The van der Waals surface area contributed by atoms with E-state index in [0.29, 0.717) is 6.42 Å². The Balaban J connectivity index is 3.68. The number of rotatable bonds is 11. The summed E-state index contributed by atoms with van der Waals surface area (Å²) < 4.78 is 0. The van der Waals surface area contributed by atoms with E-state index in [1.165, 1.54) is 39.0 Å². The molecule has 0 aliphatic heterocycles. The molecule has 2 N–H and O–H groups in total. The van der Waals surface area contributed by atoms with E-state index in [0.717, 1.165) is 19.3 Å². The molecule has 0 heterocycles. The van der Waals surface area contributed by atoms with E-state index in [2.05, 4.69) is 17.5 Å². The van der Waals surface area contributed by atoms with E-state index < -0.39 is 5.97 Å². The molecule has 5 nitrogen and oxygen atoms in total. The van der Waals surface area contributed by atoms with Crippen molar-refractivity contribution in [2.75, 3.05) is 0 Å². The molecule has 5 heteroatoms. The Hall–Kier alpha value is -1.39. The summed E-state index contributed by atoms with van der Waals surface area (Å²) in [5.41, 5.74) is 2.20. The van der Waals surface area contributed by atoms with Gasteiger partial charge in [0.15, 0.2) is 0 Å². The van der Waals surface area contributed by atoms with Crippen LogP contribution in [-0.2, 0) is 9.59 Å². The topological polar surface area (TPSA) is 78.8 Å². The molecule has 0 aromatic rings. The smallest absolute Gasteiger partial charge is 0.352 e. The quantitative estimate of drug-likeness (QED) is 0.344. The third-order valence-corrected chi connectivity index (χ3v) is 2.86. The number of nitrogens with one attached hydrogen (secondary N) is 1. The minimum atomic E-state index is -1.06. The van der Waals surface area contributed by atoms with Crippen LogP contribution in [-0.4, -0.2) is 22.7 Å². The lowest BCUT2D eigenvalue weighted by Crippen LogP contribution is -2.21. The van der Waals surface area contributed by atoms with Gasteiger partial charge in [0.05, 0.1) is 0 Å². The van der Waals surface area contributed by atoms with Gasteiger partial charge in [0.25, 0.3) is 0 Å². The molecule has 0 aliphatic rings. The lowest BCUT2D eigenvalue weighted by atomic mass is 10.1. The van der Waals surface area contributed by atoms with E-state index in [1.54, 1.807) is 0 Å². The number of carbonyl (C=O) groups excluding carboxylic acids is 1. The van der Waals surface area contributed by atoms with Crippen LogP contribution in [0.2, 0.25) is 0 Å². The number of aliphatic carboxylic acids is 1. The van der Waals surface area contributed by atoms with Gasteiger partial charge in [-0.05, 0) is 12.8 Å². The van der Waals surface area contributed by atoms with Gasteiger partial charge in [-0.25, -0.2) is 10.2 Å². The highest BCUT2D eigenvalue weighted by molar-refractivity contribution is 6.35. The van der Waals surface area contributed by atoms with Crippen LogP contribution in [0.4, 0.5) is 0 Å². The molecule has 0 atom stereocenters. The summed E-state index contributed by atoms with van der Waals surface area (Å²) in [6.07, 6.45) is 9.68. The van der Waals surface area contributed by atoms with Crippen molar-refractivity contribution in [3.05, 3.63) is 0 Å². The number of hydrogen-bond donors (Lipinski definition) is 2. The summed E-state index contributed by atoms with van der Waals surface area (Å²) in [6, 6.07) is 0. The van der Waals surface area contributed by atoms with E-state index in [4.69, 9.17) is 5.11 Å². The molecular formula is C14H26N2O3. The van der Waals surface area contributed by atoms with Crippen molar-refractivity contribution >= 4 is 17.6 Å². The first-order chi connectivity index (χ1) is 9.07. The largest absolute Gasteiger partial charge is 0.477 e. The summed E-state index contributed by atoms with van der Waals surface area (Å²) in [5, 5.41) is 12.5. The molecule has 0 saturated carbocycles. The van der Waals surface area contributed by atoms with Crippen molar-refractivity contribution < 1.29 is 14.7 Å². The molecular weight excluding hydrogens is 244 g/mol. The standard InChI is InChI=1S/C14H26N2O3/c1-3-4-5-6-7-8-9-10-11-13(14(18)19)16-15-12(2)17/h3-11H2,1-2H3,(H,15,17)(H,18,19)/b16-13+. The number of amides is 1. The second-order valence-corrected chi connectivity index (χ2v) is 4.76. The Morgan fingerprint density at radius 2 is 1.53 bits per heavy atom. The second-order valence-electron chi connectivity index (χ2n) is 4.76. The van der Waals surface area contributed by atoms with Crippen LogP contribution < -0.4 is 5.43 Å². The Morgan fingerprint density at radius 3 is 2.00 bits per heavy atom. The van der Waals surface area contributed by atoms with Crippen molar-refractivity contribution in [1.82, 2.24) is 5.43 Å². The van der Waals surface area contributed by atoms with Crippen LogP contribution >= 0.6 is 0 Å². The second kappa shape index (κ2) is 11.7. The highest BCUT2D eigenvalue weighted by atomic mass is 16.4. The number of carboxylic acid groups (broad SMARTS) is 1. The monoisotopic (exact) mass is 270 g/mol. The molecule has 0 radical (unpaired) electrons. The van der Waals surface area contributed by atoms with E-state index in [1.807, 2.05) is 0 Å². The van der Waals surface area contributed by atoms with Crippen molar-refractivity contribution in [3.8, 4) is 0 Å². The first kappa shape index (κ1) is 17.6.